The Morgan fingerprint density at radius 1 is 0.938 bits per heavy atom. The molecule has 96 valence electrons. The zero-order valence-electron chi connectivity index (χ0n) is 12.6. The molecule has 0 aromatic rings. The third-order valence-corrected chi connectivity index (χ3v) is 5.07. The van der Waals surface area contributed by atoms with E-state index in [0.29, 0.717) is 10.8 Å². The predicted octanol–water partition coefficient (Wildman–Crippen LogP) is 3.39. The van der Waals surface area contributed by atoms with Crippen molar-refractivity contribution in [1.82, 2.24) is 4.57 Å². The fourth-order valence-electron chi connectivity index (χ4n) is 2.44. The highest BCUT2D eigenvalue weighted by Crippen LogP contribution is 2.38. The molecule has 0 spiro atoms. The average molecular weight is 241 g/mol. The van der Waals surface area contributed by atoms with E-state index in [1.165, 1.54) is 13.1 Å². The van der Waals surface area contributed by atoms with Gasteiger partial charge in [-0.1, -0.05) is 66.7 Å². The first-order chi connectivity index (χ1) is 7.12. The molecule has 0 N–H and O–H groups in total. The van der Waals surface area contributed by atoms with Gasteiger partial charge in [0.25, 0.3) is 0 Å². The number of rotatable bonds is 4. The number of allylic oxidation sites excluding steroid dienone is 1. The molecule has 0 bridgehead atoms. The van der Waals surface area contributed by atoms with E-state index >= 15 is 0 Å². The first-order valence-corrected chi connectivity index (χ1v) is 8.01. The average Bonchev–Trinajstić information content (AvgIpc) is 2.08. The van der Waals surface area contributed by atoms with Gasteiger partial charge in [0, 0.05) is 0 Å². The van der Waals surface area contributed by atoms with Crippen molar-refractivity contribution in [2.24, 2.45) is 10.8 Å². The van der Waals surface area contributed by atoms with Gasteiger partial charge in [-0.15, -0.1) is 0 Å². The summed E-state index contributed by atoms with van der Waals surface area (Å²) in [7, 11) is -0.211. The van der Waals surface area contributed by atoms with E-state index < -0.39 is 0 Å². The Kier molecular flexibility index (Phi) is 5.98. The first kappa shape index (κ1) is 15.9. The van der Waals surface area contributed by atoms with Gasteiger partial charge in [0.15, 0.2) is 0 Å². The summed E-state index contributed by atoms with van der Waals surface area (Å²) in [4.78, 5) is 0. The van der Waals surface area contributed by atoms with Crippen LogP contribution < -0.4 is 0 Å². The molecule has 0 rings (SSSR count). The molecule has 0 fully saturated rings. The summed E-state index contributed by atoms with van der Waals surface area (Å²) in [5, 5.41) is 0. The van der Waals surface area contributed by atoms with Crippen molar-refractivity contribution in [3.05, 3.63) is 11.3 Å². The highest BCUT2D eigenvalue weighted by atomic mass is 28.2. The molecule has 0 aliphatic carbocycles. The highest BCUT2D eigenvalue weighted by Gasteiger charge is 2.27. The van der Waals surface area contributed by atoms with Crippen LogP contribution in [-0.4, -0.2) is 27.3 Å². The summed E-state index contributed by atoms with van der Waals surface area (Å²) in [6, 6.07) is 0. The van der Waals surface area contributed by atoms with Crippen LogP contribution >= 0.6 is 0 Å². The van der Waals surface area contributed by atoms with Crippen molar-refractivity contribution < 1.29 is 0 Å². The maximum atomic E-state index is 2.59. The van der Waals surface area contributed by atoms with E-state index in [4.69, 9.17) is 0 Å². The third kappa shape index (κ3) is 5.31. The van der Waals surface area contributed by atoms with Crippen LogP contribution in [-0.2, 0) is 0 Å². The monoisotopic (exact) mass is 241 g/mol. The maximum Gasteiger partial charge on any atom is 0.119 e. The van der Waals surface area contributed by atoms with Crippen molar-refractivity contribution >= 4 is 9.68 Å². The van der Waals surface area contributed by atoms with Crippen LogP contribution in [0.4, 0.5) is 0 Å². The number of nitrogens with zero attached hydrogens (tertiary/aromatic N) is 1. The molecular weight excluding hydrogens is 210 g/mol. The number of hydrogen-bond donors (Lipinski definition) is 0. The smallest absolute Gasteiger partial charge is 0.119 e. The zero-order chi connectivity index (χ0) is 13.0. The van der Waals surface area contributed by atoms with Crippen LogP contribution in [0.15, 0.2) is 11.3 Å². The van der Waals surface area contributed by atoms with E-state index in [0.717, 1.165) is 0 Å². The minimum Gasteiger partial charge on any atom is -0.326 e. The van der Waals surface area contributed by atoms with E-state index in [1.807, 2.05) is 0 Å². The molecule has 0 aliphatic heterocycles. The lowest BCUT2D eigenvalue weighted by Gasteiger charge is -2.35. The van der Waals surface area contributed by atoms with Gasteiger partial charge in [0.05, 0.1) is 0 Å². The molecule has 1 nitrogen and oxygen atoms in total. The van der Waals surface area contributed by atoms with Crippen molar-refractivity contribution in [1.29, 1.82) is 0 Å². The fourth-order valence-corrected chi connectivity index (χ4v) is 4.62. The van der Waals surface area contributed by atoms with Crippen molar-refractivity contribution in [2.45, 2.75) is 55.4 Å². The zero-order valence-corrected chi connectivity index (χ0v) is 14.1. The van der Waals surface area contributed by atoms with Crippen molar-refractivity contribution in [3.63, 3.8) is 0 Å². The SMILES string of the molecule is CCN(CC)[SiH2]C=C(C(C)(C)C)C(C)(C)C. The van der Waals surface area contributed by atoms with Crippen LogP contribution in [0.1, 0.15) is 55.4 Å². The quantitative estimate of drug-likeness (QED) is 0.682. The van der Waals surface area contributed by atoms with Gasteiger partial charge >= 0.3 is 0 Å². The lowest BCUT2D eigenvalue weighted by molar-refractivity contribution is 0.362. The van der Waals surface area contributed by atoms with Crippen LogP contribution in [0.3, 0.4) is 0 Å². The fraction of sp³-hybridized carbons (Fsp3) is 0.857. The second-order valence-corrected chi connectivity index (χ2v) is 8.27. The predicted molar refractivity (Wildman–Crippen MR) is 78.5 cm³/mol. The Labute approximate surface area is 105 Å². The lowest BCUT2D eigenvalue weighted by atomic mass is 9.73. The van der Waals surface area contributed by atoms with Crippen molar-refractivity contribution in [3.8, 4) is 0 Å². The Morgan fingerprint density at radius 2 is 1.31 bits per heavy atom. The second kappa shape index (κ2) is 6.01. The molecule has 0 amide bonds. The Hall–Kier alpha value is -0.0831. The molecule has 0 aromatic carbocycles. The van der Waals surface area contributed by atoms with Gasteiger partial charge < -0.3 is 4.57 Å². The molecular formula is C14H31NSi. The molecule has 0 saturated carbocycles. The van der Waals surface area contributed by atoms with E-state index in [9.17, 15) is 0 Å². The van der Waals surface area contributed by atoms with Gasteiger partial charge in [0.2, 0.25) is 0 Å². The van der Waals surface area contributed by atoms with Crippen LogP contribution in [0, 0.1) is 10.8 Å². The normalized spacial score (nSPS) is 13.8. The first-order valence-electron chi connectivity index (χ1n) is 6.56. The molecule has 0 atom stereocenters. The summed E-state index contributed by atoms with van der Waals surface area (Å²) in [5.74, 6) is 0. The number of hydrogen-bond acceptors (Lipinski definition) is 1. The summed E-state index contributed by atoms with van der Waals surface area (Å²) in [6.07, 6.45) is 0. The van der Waals surface area contributed by atoms with E-state index in [2.05, 4.69) is 65.7 Å². The topological polar surface area (TPSA) is 3.24 Å². The Morgan fingerprint density at radius 3 is 1.56 bits per heavy atom. The summed E-state index contributed by atoms with van der Waals surface area (Å²) < 4.78 is 2.59. The second-order valence-electron chi connectivity index (χ2n) is 6.60. The largest absolute Gasteiger partial charge is 0.326 e. The third-order valence-electron chi connectivity index (χ3n) is 3.06. The molecule has 2 heteroatoms. The van der Waals surface area contributed by atoms with Crippen molar-refractivity contribution in [2.75, 3.05) is 13.1 Å². The van der Waals surface area contributed by atoms with Crippen LogP contribution in [0.2, 0.25) is 0 Å². The van der Waals surface area contributed by atoms with E-state index in [-0.39, 0.29) is 9.68 Å². The molecule has 16 heavy (non-hydrogen) atoms. The molecule has 0 unspecified atom stereocenters. The van der Waals surface area contributed by atoms with Gasteiger partial charge in [-0.05, 0) is 23.9 Å². The van der Waals surface area contributed by atoms with Crippen LogP contribution in [0.25, 0.3) is 0 Å². The molecule has 0 aliphatic rings. The van der Waals surface area contributed by atoms with Gasteiger partial charge in [0.1, 0.15) is 9.68 Å². The molecule has 0 heterocycles. The van der Waals surface area contributed by atoms with E-state index in [1.54, 1.807) is 5.57 Å². The maximum absolute atomic E-state index is 2.59. The standard InChI is InChI=1S/C14H31NSi/c1-9-15(10-2)16-11-12(13(3,4)5)14(6,7)8/h11H,9-10,16H2,1-8H3. The summed E-state index contributed by atoms with van der Waals surface area (Å²) in [5.41, 5.74) is 4.81. The summed E-state index contributed by atoms with van der Waals surface area (Å²) >= 11 is 0. The van der Waals surface area contributed by atoms with Gasteiger partial charge in [-0.25, -0.2) is 0 Å². The minimum atomic E-state index is -0.211. The molecule has 0 saturated heterocycles. The summed E-state index contributed by atoms with van der Waals surface area (Å²) in [6.45, 7) is 20.9. The Balaban J connectivity index is 4.86. The molecule has 0 aromatic heterocycles. The Bertz CT molecular complexity index is 210. The lowest BCUT2D eigenvalue weighted by Crippen LogP contribution is -2.29. The molecule has 0 radical (unpaired) electrons. The van der Waals surface area contributed by atoms with Gasteiger partial charge in [-0.2, -0.15) is 0 Å². The van der Waals surface area contributed by atoms with Gasteiger partial charge in [-0.3, -0.25) is 0 Å². The highest BCUT2D eigenvalue weighted by molar-refractivity contribution is 6.39. The van der Waals surface area contributed by atoms with Crippen LogP contribution in [0.5, 0.6) is 0 Å². The minimum absolute atomic E-state index is 0.211.